The molecule has 1 nitrogen and oxygen atoms in total. The van der Waals surface area contributed by atoms with Gasteiger partial charge in [0.05, 0.1) is 6.10 Å². The number of aliphatic hydroxyl groups is 1. The fourth-order valence-corrected chi connectivity index (χ4v) is 4.06. The number of halogens is 1. The average molecular weight is 329 g/mol. The van der Waals surface area contributed by atoms with Crippen molar-refractivity contribution in [1.29, 1.82) is 0 Å². The van der Waals surface area contributed by atoms with Crippen LogP contribution in [0.4, 0.5) is 0 Å². The van der Waals surface area contributed by atoms with Crippen molar-refractivity contribution in [2.75, 3.05) is 5.75 Å². The number of hydrogen-bond donors (Lipinski definition) is 1. The summed E-state index contributed by atoms with van der Waals surface area (Å²) in [4.78, 5) is 2.24. The predicted octanol–water partition coefficient (Wildman–Crippen LogP) is 4.64. The van der Waals surface area contributed by atoms with E-state index in [1.807, 2.05) is 36.6 Å². The van der Waals surface area contributed by atoms with Crippen molar-refractivity contribution in [1.82, 2.24) is 0 Å². The molecule has 1 atom stereocenters. The largest absolute Gasteiger partial charge is 0.387 e. The van der Waals surface area contributed by atoms with Crippen LogP contribution in [0.5, 0.6) is 0 Å². The summed E-state index contributed by atoms with van der Waals surface area (Å²) in [5.41, 5.74) is 1.18. The first-order valence-corrected chi connectivity index (χ1v) is 7.93. The lowest BCUT2D eigenvalue weighted by molar-refractivity contribution is 0.207. The molecule has 0 amide bonds. The molecule has 2 aromatic rings. The lowest BCUT2D eigenvalue weighted by atomic mass is 10.2. The maximum atomic E-state index is 10.1. The Morgan fingerprint density at radius 3 is 2.76 bits per heavy atom. The minimum Gasteiger partial charge on any atom is -0.387 e. The maximum Gasteiger partial charge on any atom is 0.0978 e. The van der Waals surface area contributed by atoms with Gasteiger partial charge in [0, 0.05) is 20.0 Å². The molecule has 0 bridgehead atoms. The Kier molecular flexibility index (Phi) is 4.68. The first-order chi connectivity index (χ1) is 8.18. The summed E-state index contributed by atoms with van der Waals surface area (Å²) >= 11 is 6.80. The van der Waals surface area contributed by atoms with Gasteiger partial charge in [0.15, 0.2) is 0 Å². The predicted molar refractivity (Wildman–Crippen MR) is 78.9 cm³/mol. The van der Waals surface area contributed by atoms with Crippen LogP contribution in [0.25, 0.3) is 0 Å². The molecule has 1 aromatic heterocycles. The number of aryl methyl sites for hydroxylation is 1. The van der Waals surface area contributed by atoms with E-state index < -0.39 is 0 Å². The molecule has 0 aliphatic rings. The third-order valence-electron chi connectivity index (χ3n) is 2.44. The zero-order valence-electron chi connectivity index (χ0n) is 9.39. The van der Waals surface area contributed by atoms with E-state index in [1.54, 1.807) is 23.1 Å². The molecule has 0 aliphatic heterocycles. The number of thioether (sulfide) groups is 1. The van der Waals surface area contributed by atoms with E-state index in [9.17, 15) is 5.11 Å². The van der Waals surface area contributed by atoms with Crippen LogP contribution >= 0.6 is 39.0 Å². The van der Waals surface area contributed by atoms with Crippen molar-refractivity contribution in [2.45, 2.75) is 17.9 Å². The summed E-state index contributed by atoms with van der Waals surface area (Å²) in [5, 5.41) is 12.1. The second kappa shape index (κ2) is 6.05. The Labute approximate surface area is 118 Å². The highest BCUT2D eigenvalue weighted by Gasteiger charge is 2.12. The van der Waals surface area contributed by atoms with Crippen molar-refractivity contribution in [2.24, 2.45) is 0 Å². The molecular weight excluding hydrogens is 316 g/mol. The molecule has 4 heteroatoms. The topological polar surface area (TPSA) is 20.2 Å². The number of thiophene rings is 1. The van der Waals surface area contributed by atoms with Gasteiger partial charge >= 0.3 is 0 Å². The van der Waals surface area contributed by atoms with Gasteiger partial charge in [-0.3, -0.25) is 0 Å². The average Bonchev–Trinajstić information content (AvgIpc) is 2.74. The van der Waals surface area contributed by atoms with Crippen LogP contribution in [-0.4, -0.2) is 10.9 Å². The van der Waals surface area contributed by atoms with Crippen molar-refractivity contribution in [3.8, 4) is 0 Å². The number of aliphatic hydroxyl groups excluding tert-OH is 1. The highest BCUT2D eigenvalue weighted by atomic mass is 79.9. The lowest BCUT2D eigenvalue weighted by Gasteiger charge is -2.10. The Bertz CT molecular complexity index is 496. The summed E-state index contributed by atoms with van der Waals surface area (Å²) in [6, 6.07) is 10.1. The third kappa shape index (κ3) is 3.35. The van der Waals surface area contributed by atoms with Gasteiger partial charge in [-0.1, -0.05) is 12.1 Å². The van der Waals surface area contributed by atoms with E-state index in [-0.39, 0.29) is 6.10 Å². The number of hydrogen-bond acceptors (Lipinski definition) is 3. The lowest BCUT2D eigenvalue weighted by Crippen LogP contribution is -1.99. The smallest absolute Gasteiger partial charge is 0.0978 e. The summed E-state index contributed by atoms with van der Waals surface area (Å²) < 4.78 is 1.08. The molecule has 90 valence electrons. The number of benzene rings is 1. The van der Waals surface area contributed by atoms with E-state index in [2.05, 4.69) is 22.0 Å². The molecule has 2 rings (SSSR count). The van der Waals surface area contributed by atoms with Gasteiger partial charge in [-0.25, -0.2) is 0 Å². The summed E-state index contributed by atoms with van der Waals surface area (Å²) in [5.74, 6) is 0.684. The quantitative estimate of drug-likeness (QED) is 0.824. The Hall–Kier alpha value is -0.290. The van der Waals surface area contributed by atoms with Crippen LogP contribution in [0.15, 0.2) is 45.1 Å². The van der Waals surface area contributed by atoms with Gasteiger partial charge < -0.3 is 5.11 Å². The molecule has 1 heterocycles. The van der Waals surface area contributed by atoms with Crippen LogP contribution in [0.2, 0.25) is 0 Å². The Morgan fingerprint density at radius 1 is 1.35 bits per heavy atom. The van der Waals surface area contributed by atoms with E-state index in [0.29, 0.717) is 5.75 Å². The van der Waals surface area contributed by atoms with Crippen LogP contribution in [-0.2, 0) is 0 Å². The minimum atomic E-state index is -0.382. The highest BCUT2D eigenvalue weighted by molar-refractivity contribution is 9.10. The first kappa shape index (κ1) is 13.1. The molecule has 0 radical (unpaired) electrons. The van der Waals surface area contributed by atoms with Crippen LogP contribution < -0.4 is 0 Å². The Morgan fingerprint density at radius 2 is 2.12 bits per heavy atom. The van der Waals surface area contributed by atoms with Crippen LogP contribution in [0.3, 0.4) is 0 Å². The molecule has 0 saturated carbocycles. The second-order valence-corrected chi connectivity index (χ2v) is 6.59. The Balaban J connectivity index is 2.00. The molecular formula is C13H13BrOS2. The summed E-state index contributed by atoms with van der Waals surface area (Å²) in [7, 11) is 0. The van der Waals surface area contributed by atoms with Crippen LogP contribution in [0, 0.1) is 6.92 Å². The molecule has 1 unspecified atom stereocenters. The van der Waals surface area contributed by atoms with E-state index in [0.717, 1.165) is 9.35 Å². The molecule has 1 N–H and O–H groups in total. The van der Waals surface area contributed by atoms with Crippen molar-refractivity contribution in [3.05, 3.63) is 50.6 Å². The van der Waals surface area contributed by atoms with E-state index in [4.69, 9.17) is 0 Å². The zero-order chi connectivity index (χ0) is 12.3. The maximum absolute atomic E-state index is 10.1. The molecule has 0 spiro atoms. The minimum absolute atomic E-state index is 0.382. The SMILES string of the molecule is Cc1ccsc1C(O)CSc1ccccc1Br. The van der Waals surface area contributed by atoms with Crippen molar-refractivity contribution >= 4 is 39.0 Å². The normalized spacial score (nSPS) is 12.6. The molecule has 0 fully saturated rings. The molecule has 1 aromatic carbocycles. The van der Waals surface area contributed by atoms with Gasteiger partial charge in [-0.2, -0.15) is 0 Å². The van der Waals surface area contributed by atoms with Gasteiger partial charge in [0.25, 0.3) is 0 Å². The van der Waals surface area contributed by atoms with Crippen molar-refractivity contribution in [3.63, 3.8) is 0 Å². The monoisotopic (exact) mass is 328 g/mol. The highest BCUT2D eigenvalue weighted by Crippen LogP contribution is 2.32. The zero-order valence-corrected chi connectivity index (χ0v) is 12.6. The molecule has 0 saturated heterocycles. The fraction of sp³-hybridized carbons (Fsp3) is 0.231. The second-order valence-electron chi connectivity index (χ2n) is 3.73. The summed E-state index contributed by atoms with van der Waals surface area (Å²) in [6.07, 6.45) is -0.382. The first-order valence-electron chi connectivity index (χ1n) is 5.28. The van der Waals surface area contributed by atoms with Gasteiger partial charge in [-0.15, -0.1) is 23.1 Å². The van der Waals surface area contributed by atoms with Gasteiger partial charge in [0.1, 0.15) is 0 Å². The standard InChI is InChI=1S/C13H13BrOS2/c1-9-6-7-16-13(9)11(15)8-17-12-5-3-2-4-10(12)14/h2-7,11,15H,8H2,1H3. The van der Waals surface area contributed by atoms with Crippen molar-refractivity contribution < 1.29 is 5.11 Å². The van der Waals surface area contributed by atoms with E-state index in [1.165, 1.54) is 10.5 Å². The van der Waals surface area contributed by atoms with E-state index >= 15 is 0 Å². The number of rotatable bonds is 4. The molecule has 17 heavy (non-hydrogen) atoms. The van der Waals surface area contributed by atoms with Gasteiger partial charge in [-0.05, 0) is 52.0 Å². The van der Waals surface area contributed by atoms with Gasteiger partial charge in [0.2, 0.25) is 0 Å². The third-order valence-corrected chi connectivity index (χ3v) is 5.66. The fourth-order valence-electron chi connectivity index (χ4n) is 1.53. The van der Waals surface area contributed by atoms with Crippen LogP contribution in [0.1, 0.15) is 16.5 Å². The molecule has 0 aliphatic carbocycles. The summed E-state index contributed by atoms with van der Waals surface area (Å²) in [6.45, 7) is 2.04.